The SMILES string of the molecule is CC/C=C\C/C=C\C/C=C\C/C=C\C/C=C\C/C=C\C/C=C\C/C=C\C/C=C\CCCC(=O)OC(CO)COC(=O)CCCCCCCCCCCCCCCCCCCCCCCCCCC/C=C\C/C=C\CCCCCCC. The zero-order chi connectivity index (χ0) is 57.6. The van der Waals surface area contributed by atoms with Crippen LogP contribution in [0.4, 0.5) is 0 Å². The number of allylic oxidation sites excluding steroid dienone is 22. The summed E-state index contributed by atoms with van der Waals surface area (Å²) in [5, 5.41) is 9.68. The lowest BCUT2D eigenvalue weighted by molar-refractivity contribution is -0.161. The summed E-state index contributed by atoms with van der Waals surface area (Å²) in [6.45, 7) is 3.99. The van der Waals surface area contributed by atoms with E-state index in [9.17, 15) is 14.7 Å². The molecule has 0 saturated carbocycles. The Labute approximate surface area is 496 Å². The lowest BCUT2D eigenvalue weighted by Crippen LogP contribution is -2.28. The Bertz CT molecular complexity index is 1630. The number of esters is 2. The minimum atomic E-state index is -0.812. The van der Waals surface area contributed by atoms with Crippen LogP contribution in [-0.2, 0) is 19.1 Å². The summed E-state index contributed by atoms with van der Waals surface area (Å²) < 4.78 is 10.7. The zero-order valence-electron chi connectivity index (χ0n) is 52.3. The van der Waals surface area contributed by atoms with Gasteiger partial charge in [0.1, 0.15) is 6.61 Å². The van der Waals surface area contributed by atoms with Crippen LogP contribution in [0.2, 0.25) is 0 Å². The molecule has 0 spiro atoms. The molecule has 1 unspecified atom stereocenters. The highest BCUT2D eigenvalue weighted by Crippen LogP contribution is 2.17. The molecule has 0 aromatic heterocycles. The van der Waals surface area contributed by atoms with Crippen molar-refractivity contribution >= 4 is 11.9 Å². The Balaban J connectivity index is 3.53. The van der Waals surface area contributed by atoms with Gasteiger partial charge in [-0.1, -0.05) is 321 Å². The predicted molar refractivity (Wildman–Crippen MR) is 352 cm³/mol. The van der Waals surface area contributed by atoms with Crippen molar-refractivity contribution in [1.82, 2.24) is 0 Å². The van der Waals surface area contributed by atoms with E-state index in [1.165, 1.54) is 186 Å². The summed E-state index contributed by atoms with van der Waals surface area (Å²) in [6, 6.07) is 0. The van der Waals surface area contributed by atoms with Gasteiger partial charge in [0.15, 0.2) is 6.10 Å². The van der Waals surface area contributed by atoms with Crippen LogP contribution in [-0.4, -0.2) is 36.4 Å². The number of aliphatic hydroxyl groups excluding tert-OH is 1. The van der Waals surface area contributed by atoms with E-state index in [-0.39, 0.29) is 31.6 Å². The highest BCUT2D eigenvalue weighted by molar-refractivity contribution is 5.70. The van der Waals surface area contributed by atoms with Crippen molar-refractivity contribution in [2.45, 2.75) is 315 Å². The predicted octanol–water partition coefficient (Wildman–Crippen LogP) is 23.5. The molecular weight excluding hydrogens is 981 g/mol. The second-order valence-electron chi connectivity index (χ2n) is 22.2. The fraction of sp³-hybridized carbons (Fsp3) is 0.680. The van der Waals surface area contributed by atoms with E-state index < -0.39 is 6.10 Å². The first-order chi connectivity index (χ1) is 39.6. The van der Waals surface area contributed by atoms with Crippen molar-refractivity contribution < 1.29 is 24.2 Å². The monoisotopic (exact) mass is 1110 g/mol. The summed E-state index contributed by atoms with van der Waals surface area (Å²) in [5.41, 5.74) is 0. The smallest absolute Gasteiger partial charge is 0.306 e. The number of hydrogen-bond acceptors (Lipinski definition) is 5. The molecule has 0 aromatic rings. The number of ether oxygens (including phenoxy) is 2. The largest absolute Gasteiger partial charge is 0.462 e. The van der Waals surface area contributed by atoms with E-state index in [4.69, 9.17) is 9.47 Å². The second kappa shape index (κ2) is 69.3. The van der Waals surface area contributed by atoms with Gasteiger partial charge in [0.2, 0.25) is 0 Å². The van der Waals surface area contributed by atoms with Gasteiger partial charge in [0.25, 0.3) is 0 Å². The lowest BCUT2D eigenvalue weighted by Gasteiger charge is -2.15. The molecular formula is C75H126O5. The minimum Gasteiger partial charge on any atom is -0.462 e. The van der Waals surface area contributed by atoms with Gasteiger partial charge in [-0.3, -0.25) is 9.59 Å². The van der Waals surface area contributed by atoms with E-state index in [1.54, 1.807) is 0 Å². The van der Waals surface area contributed by atoms with Crippen molar-refractivity contribution in [2.24, 2.45) is 0 Å². The molecule has 0 rings (SSSR count). The average molecular weight is 1110 g/mol. The summed E-state index contributed by atoms with van der Waals surface area (Å²) in [5.74, 6) is -0.658. The molecule has 0 aliphatic rings. The third-order valence-corrected chi connectivity index (χ3v) is 14.4. The number of aliphatic hydroxyl groups is 1. The summed E-state index contributed by atoms with van der Waals surface area (Å²) in [7, 11) is 0. The van der Waals surface area contributed by atoms with Crippen molar-refractivity contribution in [2.75, 3.05) is 13.2 Å². The molecule has 0 bridgehead atoms. The molecule has 0 radical (unpaired) electrons. The van der Waals surface area contributed by atoms with Crippen molar-refractivity contribution in [3.8, 4) is 0 Å². The molecule has 456 valence electrons. The molecule has 1 N–H and O–H groups in total. The van der Waals surface area contributed by atoms with E-state index >= 15 is 0 Å². The number of carbonyl (C=O) groups excluding carboxylic acids is 2. The maximum absolute atomic E-state index is 12.3. The highest BCUT2D eigenvalue weighted by Gasteiger charge is 2.16. The normalized spacial score (nSPS) is 13.1. The standard InChI is InChI=1S/C75H126O5/c1-3-5-7-9-11-13-15-17-19-21-23-25-27-29-31-33-34-35-36-37-38-39-40-42-43-45-47-49-51-53-55-57-59-61-63-65-67-69-74(77)79-72-73(71-76)80-75(78)70-68-66-64-62-60-58-56-54-52-50-48-46-44-41-32-30-28-26-24-22-20-18-16-14-12-10-8-6-4-2/h6,8,12,14-15,17-18,20-21,23-24,26,30,32,44,46,50,52,56,58,62,64,73,76H,3-5,7,9-11,13,16,19,22,25,27-29,31,33-43,45,47-49,51,53-55,57,59-61,63,65-72H2,1-2H3/b8-6-,14-12-,17-15-,20-18-,23-21-,26-24-,32-30-,46-44-,52-50-,58-56-,64-62-. The van der Waals surface area contributed by atoms with Gasteiger partial charge in [-0.25, -0.2) is 0 Å². The van der Waals surface area contributed by atoms with Crippen LogP contribution in [0.25, 0.3) is 0 Å². The van der Waals surface area contributed by atoms with E-state index in [0.717, 1.165) is 89.9 Å². The van der Waals surface area contributed by atoms with Gasteiger partial charge in [0, 0.05) is 12.8 Å². The van der Waals surface area contributed by atoms with Crippen LogP contribution in [0.15, 0.2) is 134 Å². The van der Waals surface area contributed by atoms with E-state index in [2.05, 4.69) is 148 Å². The third-order valence-electron chi connectivity index (χ3n) is 14.4. The maximum atomic E-state index is 12.3. The van der Waals surface area contributed by atoms with Gasteiger partial charge in [0.05, 0.1) is 6.61 Å². The molecule has 0 saturated heterocycles. The van der Waals surface area contributed by atoms with Crippen molar-refractivity contribution in [3.63, 3.8) is 0 Å². The Morgan fingerprint density at radius 3 is 0.850 bits per heavy atom. The molecule has 5 nitrogen and oxygen atoms in total. The first kappa shape index (κ1) is 76.0. The number of hydrogen-bond donors (Lipinski definition) is 1. The molecule has 0 aliphatic heterocycles. The second-order valence-corrected chi connectivity index (χ2v) is 22.2. The van der Waals surface area contributed by atoms with Crippen LogP contribution < -0.4 is 0 Å². The molecule has 0 aliphatic carbocycles. The Morgan fingerprint density at radius 1 is 0.300 bits per heavy atom. The van der Waals surface area contributed by atoms with Crippen LogP contribution in [0.5, 0.6) is 0 Å². The zero-order valence-corrected chi connectivity index (χ0v) is 52.3. The summed E-state index contributed by atoms with van der Waals surface area (Å²) >= 11 is 0. The molecule has 5 heteroatoms. The third kappa shape index (κ3) is 66.6. The van der Waals surface area contributed by atoms with Gasteiger partial charge in [-0.05, 0) is 109 Å². The first-order valence-corrected chi connectivity index (χ1v) is 33.7. The quantitative estimate of drug-likeness (QED) is 0.0373. The van der Waals surface area contributed by atoms with Crippen molar-refractivity contribution in [1.29, 1.82) is 0 Å². The fourth-order valence-electron chi connectivity index (χ4n) is 9.41. The molecule has 0 heterocycles. The molecule has 0 aromatic carbocycles. The molecule has 0 fully saturated rings. The number of rotatable bonds is 61. The summed E-state index contributed by atoms with van der Waals surface area (Å²) in [6.07, 6.45) is 103. The maximum Gasteiger partial charge on any atom is 0.306 e. The van der Waals surface area contributed by atoms with Crippen LogP contribution in [0.1, 0.15) is 309 Å². The van der Waals surface area contributed by atoms with Gasteiger partial charge in [-0.2, -0.15) is 0 Å². The average Bonchev–Trinajstić information content (AvgIpc) is 3.46. The first-order valence-electron chi connectivity index (χ1n) is 33.7. The van der Waals surface area contributed by atoms with E-state index in [1.807, 2.05) is 0 Å². The topological polar surface area (TPSA) is 72.8 Å². The Hall–Kier alpha value is -3.96. The Kier molecular flexibility index (Phi) is 65.9. The van der Waals surface area contributed by atoms with Crippen LogP contribution >= 0.6 is 0 Å². The molecule has 0 amide bonds. The Morgan fingerprint density at radius 2 is 0.550 bits per heavy atom. The van der Waals surface area contributed by atoms with Crippen LogP contribution in [0, 0.1) is 0 Å². The van der Waals surface area contributed by atoms with Gasteiger partial charge < -0.3 is 14.6 Å². The van der Waals surface area contributed by atoms with Gasteiger partial charge in [-0.15, -0.1) is 0 Å². The molecule has 1 atom stereocenters. The molecule has 80 heavy (non-hydrogen) atoms. The highest BCUT2D eigenvalue weighted by atomic mass is 16.6. The fourth-order valence-corrected chi connectivity index (χ4v) is 9.41. The number of unbranched alkanes of at least 4 members (excludes halogenated alkanes) is 31. The minimum absolute atomic E-state index is 0.0944. The van der Waals surface area contributed by atoms with Crippen LogP contribution in [0.3, 0.4) is 0 Å². The number of carbonyl (C=O) groups is 2. The van der Waals surface area contributed by atoms with E-state index in [0.29, 0.717) is 12.8 Å². The lowest BCUT2D eigenvalue weighted by atomic mass is 10.0. The van der Waals surface area contributed by atoms with Crippen molar-refractivity contribution in [3.05, 3.63) is 134 Å². The van der Waals surface area contributed by atoms with Gasteiger partial charge >= 0.3 is 11.9 Å². The summed E-state index contributed by atoms with van der Waals surface area (Å²) in [4.78, 5) is 24.6.